The van der Waals surface area contributed by atoms with E-state index < -0.39 is 0 Å². The largest absolute Gasteiger partial charge is 0.508 e. The second-order valence-corrected chi connectivity index (χ2v) is 4.70. The summed E-state index contributed by atoms with van der Waals surface area (Å²) in [6, 6.07) is 19.9. The van der Waals surface area contributed by atoms with E-state index in [4.69, 9.17) is 0 Å². The predicted octanol–water partition coefficient (Wildman–Crippen LogP) is 4.58. The highest BCUT2D eigenvalue weighted by Gasteiger charge is 2.00. The molecule has 3 aromatic rings. The Balaban J connectivity index is 2.08. The average Bonchev–Trinajstić information content (AvgIpc) is 2.48. The molecule has 3 aromatic carbocycles. The van der Waals surface area contributed by atoms with Crippen molar-refractivity contribution >= 4 is 10.8 Å². The van der Waals surface area contributed by atoms with Crippen LogP contribution in [0.3, 0.4) is 0 Å². The van der Waals surface area contributed by atoms with Crippen molar-refractivity contribution in [3.8, 4) is 28.7 Å². The number of phenolic OH excluding ortho intramolecular Hbond substituents is 1. The van der Waals surface area contributed by atoms with Gasteiger partial charge in [-0.3, -0.25) is 0 Å². The minimum Gasteiger partial charge on any atom is -0.508 e. The molecule has 0 aliphatic carbocycles. The highest BCUT2D eigenvalue weighted by molar-refractivity contribution is 5.88. The summed E-state index contributed by atoms with van der Waals surface area (Å²) in [5.41, 5.74) is 3.28. The van der Waals surface area contributed by atoms with Crippen molar-refractivity contribution in [3.05, 3.63) is 66.2 Å². The Morgan fingerprint density at radius 1 is 0.750 bits per heavy atom. The molecule has 1 heteroatoms. The van der Waals surface area contributed by atoms with Gasteiger partial charge in [0.25, 0.3) is 0 Å². The third kappa shape index (κ3) is 2.37. The third-order valence-corrected chi connectivity index (χ3v) is 3.31. The molecule has 0 heterocycles. The van der Waals surface area contributed by atoms with Gasteiger partial charge in [0.2, 0.25) is 0 Å². The van der Waals surface area contributed by atoms with E-state index in [0.717, 1.165) is 16.7 Å². The van der Waals surface area contributed by atoms with E-state index in [2.05, 4.69) is 42.2 Å². The van der Waals surface area contributed by atoms with Crippen LogP contribution in [0.1, 0.15) is 12.5 Å². The fraction of sp³-hybridized carbons (Fsp3) is 0.0526. The van der Waals surface area contributed by atoms with Crippen molar-refractivity contribution in [2.75, 3.05) is 0 Å². The summed E-state index contributed by atoms with van der Waals surface area (Å²) < 4.78 is 0. The van der Waals surface area contributed by atoms with E-state index in [9.17, 15) is 5.11 Å². The number of phenols is 1. The standard InChI is InChI=1S/C19H14O/c1-2-3-14-4-5-18-13-17(7-6-16(18)12-14)15-8-10-19(20)11-9-15/h4-13,20H,1H3. The van der Waals surface area contributed by atoms with Crippen molar-refractivity contribution in [1.82, 2.24) is 0 Å². The summed E-state index contributed by atoms with van der Waals surface area (Å²) in [5.74, 6) is 6.28. The Kier molecular flexibility index (Phi) is 3.15. The van der Waals surface area contributed by atoms with Gasteiger partial charge in [-0.25, -0.2) is 0 Å². The maximum Gasteiger partial charge on any atom is 0.115 e. The molecular formula is C19H14O. The summed E-state index contributed by atoms with van der Waals surface area (Å²) in [7, 11) is 0. The van der Waals surface area contributed by atoms with Gasteiger partial charge < -0.3 is 5.11 Å². The summed E-state index contributed by atoms with van der Waals surface area (Å²) in [4.78, 5) is 0. The lowest BCUT2D eigenvalue weighted by atomic mass is 10.00. The van der Waals surface area contributed by atoms with Crippen LogP contribution in [0.15, 0.2) is 60.7 Å². The number of aromatic hydroxyl groups is 1. The number of hydrogen-bond acceptors (Lipinski definition) is 1. The van der Waals surface area contributed by atoms with Crippen molar-refractivity contribution in [3.63, 3.8) is 0 Å². The van der Waals surface area contributed by atoms with Crippen molar-refractivity contribution < 1.29 is 5.11 Å². The Hall–Kier alpha value is -2.72. The van der Waals surface area contributed by atoms with Crippen LogP contribution in [0, 0.1) is 11.8 Å². The van der Waals surface area contributed by atoms with Crippen LogP contribution in [-0.4, -0.2) is 5.11 Å². The molecule has 3 rings (SSSR count). The minimum absolute atomic E-state index is 0.289. The van der Waals surface area contributed by atoms with E-state index >= 15 is 0 Å². The Morgan fingerprint density at radius 2 is 1.40 bits per heavy atom. The van der Waals surface area contributed by atoms with Crippen molar-refractivity contribution in [2.24, 2.45) is 0 Å². The van der Waals surface area contributed by atoms with E-state index in [1.54, 1.807) is 12.1 Å². The molecule has 0 spiro atoms. The van der Waals surface area contributed by atoms with Gasteiger partial charge in [0, 0.05) is 5.56 Å². The summed E-state index contributed by atoms with van der Waals surface area (Å²) >= 11 is 0. The molecule has 0 aromatic heterocycles. The molecule has 0 fully saturated rings. The second-order valence-electron chi connectivity index (χ2n) is 4.70. The first kappa shape index (κ1) is 12.3. The number of hydrogen-bond donors (Lipinski definition) is 1. The van der Waals surface area contributed by atoms with E-state index in [-0.39, 0.29) is 5.75 Å². The fourth-order valence-corrected chi connectivity index (χ4v) is 2.30. The zero-order valence-corrected chi connectivity index (χ0v) is 11.2. The monoisotopic (exact) mass is 258 g/mol. The van der Waals surface area contributed by atoms with Gasteiger partial charge in [-0.15, -0.1) is 5.92 Å². The highest BCUT2D eigenvalue weighted by Crippen LogP contribution is 2.26. The van der Waals surface area contributed by atoms with E-state index in [0.29, 0.717) is 0 Å². The summed E-state index contributed by atoms with van der Waals surface area (Å²) in [6.45, 7) is 1.85. The quantitative estimate of drug-likeness (QED) is 0.633. The van der Waals surface area contributed by atoms with Gasteiger partial charge in [0.05, 0.1) is 0 Å². The van der Waals surface area contributed by atoms with Crippen LogP contribution in [0.25, 0.3) is 21.9 Å². The van der Waals surface area contributed by atoms with Gasteiger partial charge in [-0.05, 0) is 59.2 Å². The van der Waals surface area contributed by atoms with Crippen LogP contribution >= 0.6 is 0 Å². The molecule has 96 valence electrons. The molecule has 0 amide bonds. The molecule has 20 heavy (non-hydrogen) atoms. The SMILES string of the molecule is CC#Cc1ccc2cc(-c3ccc(O)cc3)ccc2c1. The van der Waals surface area contributed by atoms with Gasteiger partial charge in [0.1, 0.15) is 5.75 Å². The lowest BCUT2D eigenvalue weighted by Crippen LogP contribution is -1.80. The Labute approximate surface area is 118 Å². The topological polar surface area (TPSA) is 20.2 Å². The second kappa shape index (κ2) is 5.11. The van der Waals surface area contributed by atoms with Crippen LogP contribution < -0.4 is 0 Å². The fourth-order valence-electron chi connectivity index (χ4n) is 2.30. The number of benzene rings is 3. The van der Waals surface area contributed by atoms with Crippen LogP contribution in [0.5, 0.6) is 5.75 Å². The van der Waals surface area contributed by atoms with E-state index in [1.807, 2.05) is 25.1 Å². The highest BCUT2D eigenvalue weighted by atomic mass is 16.3. The first-order valence-corrected chi connectivity index (χ1v) is 6.52. The van der Waals surface area contributed by atoms with Crippen molar-refractivity contribution in [1.29, 1.82) is 0 Å². The van der Waals surface area contributed by atoms with Crippen LogP contribution in [0.2, 0.25) is 0 Å². The zero-order chi connectivity index (χ0) is 13.9. The van der Waals surface area contributed by atoms with Gasteiger partial charge in [-0.1, -0.05) is 36.3 Å². The zero-order valence-electron chi connectivity index (χ0n) is 11.2. The molecule has 0 saturated heterocycles. The lowest BCUT2D eigenvalue weighted by molar-refractivity contribution is 0.475. The smallest absolute Gasteiger partial charge is 0.115 e. The molecule has 0 unspecified atom stereocenters. The predicted molar refractivity (Wildman–Crippen MR) is 83.6 cm³/mol. The van der Waals surface area contributed by atoms with Crippen LogP contribution in [-0.2, 0) is 0 Å². The Morgan fingerprint density at radius 3 is 2.15 bits per heavy atom. The molecule has 1 N–H and O–H groups in total. The molecule has 0 radical (unpaired) electrons. The minimum atomic E-state index is 0.289. The molecule has 0 aliphatic rings. The number of fused-ring (bicyclic) bond motifs is 1. The maximum atomic E-state index is 9.34. The molecule has 0 aliphatic heterocycles. The summed E-state index contributed by atoms with van der Waals surface area (Å²) in [5, 5.41) is 11.7. The maximum absolute atomic E-state index is 9.34. The first-order valence-electron chi connectivity index (χ1n) is 6.52. The molecule has 1 nitrogen and oxygen atoms in total. The third-order valence-electron chi connectivity index (χ3n) is 3.31. The molecule has 0 atom stereocenters. The molecule has 0 bridgehead atoms. The Bertz CT molecular complexity index is 818. The normalized spacial score (nSPS) is 10.1. The number of rotatable bonds is 1. The van der Waals surface area contributed by atoms with Gasteiger partial charge in [0.15, 0.2) is 0 Å². The summed E-state index contributed by atoms with van der Waals surface area (Å²) in [6.07, 6.45) is 0. The average molecular weight is 258 g/mol. The van der Waals surface area contributed by atoms with Crippen LogP contribution in [0.4, 0.5) is 0 Å². The van der Waals surface area contributed by atoms with Gasteiger partial charge in [-0.2, -0.15) is 0 Å². The molecular weight excluding hydrogens is 244 g/mol. The molecule has 0 saturated carbocycles. The first-order chi connectivity index (χ1) is 9.76. The van der Waals surface area contributed by atoms with E-state index in [1.165, 1.54) is 10.8 Å². The lowest BCUT2D eigenvalue weighted by Gasteiger charge is -2.05. The van der Waals surface area contributed by atoms with Gasteiger partial charge >= 0.3 is 0 Å². The van der Waals surface area contributed by atoms with Crippen molar-refractivity contribution in [2.45, 2.75) is 6.92 Å².